The molecule has 0 saturated heterocycles. The van der Waals surface area contributed by atoms with Gasteiger partial charge in [-0.05, 0) is 36.4 Å². The molecule has 0 spiro atoms. The number of aromatic amines is 2. The summed E-state index contributed by atoms with van der Waals surface area (Å²) in [5, 5.41) is 7.50. The van der Waals surface area contributed by atoms with E-state index in [-0.39, 0.29) is 17.8 Å². The quantitative estimate of drug-likeness (QED) is 0.284. The molecule has 0 unspecified atom stereocenters. The van der Waals surface area contributed by atoms with Crippen LogP contribution in [-0.4, -0.2) is 36.7 Å². The summed E-state index contributed by atoms with van der Waals surface area (Å²) >= 11 is 0. The summed E-state index contributed by atoms with van der Waals surface area (Å²) in [6, 6.07) is 14.9. The molecule has 3 heterocycles. The minimum absolute atomic E-state index is 0.239. The Kier molecular flexibility index (Phi) is 5.73. The molecule has 0 fully saturated rings. The Hall–Kier alpha value is -4.53. The Morgan fingerprint density at radius 2 is 1.82 bits per heavy atom. The van der Waals surface area contributed by atoms with Crippen LogP contribution >= 0.6 is 0 Å². The van der Waals surface area contributed by atoms with Gasteiger partial charge in [-0.1, -0.05) is 43.7 Å². The van der Waals surface area contributed by atoms with Crippen molar-refractivity contribution in [2.24, 2.45) is 0 Å². The molecular formula is C25H23N7O2. The predicted octanol–water partition coefficient (Wildman–Crippen LogP) is 4.68. The summed E-state index contributed by atoms with van der Waals surface area (Å²) in [5.74, 6) is -0.151. The first-order valence-electron chi connectivity index (χ1n) is 11.1. The first kappa shape index (κ1) is 21.3. The molecular weight excluding hydrogens is 430 g/mol. The SMILES string of the molecule is CCCCc1nc(C(=O)Nc2nc3c(C(=O)Nc4ncc[nH]4)cccc3[nH]2)cc2ccccc12. The van der Waals surface area contributed by atoms with Gasteiger partial charge in [0.15, 0.2) is 0 Å². The number of carbonyl (C=O) groups is 2. The van der Waals surface area contributed by atoms with E-state index in [1.54, 1.807) is 36.7 Å². The van der Waals surface area contributed by atoms with Gasteiger partial charge in [-0.3, -0.25) is 20.2 Å². The summed E-state index contributed by atoms with van der Waals surface area (Å²) in [6.07, 6.45) is 6.01. The zero-order chi connectivity index (χ0) is 23.5. The number of fused-ring (bicyclic) bond motifs is 2. The number of imidazole rings is 2. The largest absolute Gasteiger partial charge is 0.331 e. The van der Waals surface area contributed by atoms with E-state index < -0.39 is 0 Å². The number of carbonyl (C=O) groups excluding carboxylic acids is 2. The molecule has 9 nitrogen and oxygen atoms in total. The van der Waals surface area contributed by atoms with E-state index in [1.165, 1.54) is 0 Å². The van der Waals surface area contributed by atoms with Crippen molar-refractivity contribution in [1.82, 2.24) is 24.9 Å². The number of aryl methyl sites for hydroxylation is 1. The highest BCUT2D eigenvalue weighted by Crippen LogP contribution is 2.22. The van der Waals surface area contributed by atoms with E-state index in [0.29, 0.717) is 28.2 Å². The van der Waals surface area contributed by atoms with E-state index >= 15 is 0 Å². The second-order valence-electron chi connectivity index (χ2n) is 7.91. The Labute approximate surface area is 195 Å². The maximum Gasteiger partial charge on any atom is 0.276 e. The van der Waals surface area contributed by atoms with Crippen LogP contribution in [0, 0.1) is 0 Å². The lowest BCUT2D eigenvalue weighted by atomic mass is 10.0. The van der Waals surface area contributed by atoms with Gasteiger partial charge in [-0.2, -0.15) is 0 Å². The van der Waals surface area contributed by atoms with Gasteiger partial charge in [-0.25, -0.2) is 15.0 Å². The van der Waals surface area contributed by atoms with E-state index in [9.17, 15) is 9.59 Å². The van der Waals surface area contributed by atoms with Crippen LogP contribution < -0.4 is 10.6 Å². The number of nitrogens with one attached hydrogen (secondary N) is 4. The molecule has 34 heavy (non-hydrogen) atoms. The summed E-state index contributed by atoms with van der Waals surface area (Å²) in [6.45, 7) is 2.13. The van der Waals surface area contributed by atoms with Crippen molar-refractivity contribution in [1.29, 1.82) is 0 Å². The third-order valence-electron chi connectivity index (χ3n) is 5.54. The number of para-hydroxylation sites is 1. The second-order valence-corrected chi connectivity index (χ2v) is 7.91. The van der Waals surface area contributed by atoms with Crippen LogP contribution in [0.4, 0.5) is 11.9 Å². The molecule has 2 aromatic carbocycles. The fourth-order valence-corrected chi connectivity index (χ4v) is 3.88. The minimum Gasteiger partial charge on any atom is -0.331 e. The van der Waals surface area contributed by atoms with Crippen molar-refractivity contribution in [3.05, 3.63) is 77.9 Å². The number of anilines is 2. The highest BCUT2D eigenvalue weighted by Gasteiger charge is 2.17. The van der Waals surface area contributed by atoms with E-state index in [4.69, 9.17) is 0 Å². The summed E-state index contributed by atoms with van der Waals surface area (Å²) in [7, 11) is 0. The van der Waals surface area contributed by atoms with Gasteiger partial charge >= 0.3 is 0 Å². The highest BCUT2D eigenvalue weighted by atomic mass is 16.2. The molecule has 0 radical (unpaired) electrons. The molecule has 0 aliphatic carbocycles. The van der Waals surface area contributed by atoms with Crippen molar-refractivity contribution in [3.63, 3.8) is 0 Å². The van der Waals surface area contributed by atoms with Crippen LogP contribution in [0.3, 0.4) is 0 Å². The van der Waals surface area contributed by atoms with Gasteiger partial charge in [0.1, 0.15) is 11.2 Å². The Bertz CT molecular complexity index is 1490. The maximum atomic E-state index is 13.1. The molecule has 0 atom stereocenters. The van der Waals surface area contributed by atoms with E-state index in [0.717, 1.165) is 35.7 Å². The number of unbranched alkanes of at least 4 members (excludes halogenated alkanes) is 1. The monoisotopic (exact) mass is 453 g/mol. The molecule has 5 rings (SSSR count). The molecule has 0 bridgehead atoms. The summed E-state index contributed by atoms with van der Waals surface area (Å²) < 4.78 is 0. The molecule has 2 amide bonds. The van der Waals surface area contributed by atoms with Crippen molar-refractivity contribution in [2.75, 3.05) is 10.6 Å². The summed E-state index contributed by atoms with van der Waals surface area (Å²) in [4.78, 5) is 44.8. The van der Waals surface area contributed by atoms with E-state index in [1.807, 2.05) is 24.3 Å². The van der Waals surface area contributed by atoms with E-state index in [2.05, 4.69) is 42.5 Å². The van der Waals surface area contributed by atoms with Crippen molar-refractivity contribution in [3.8, 4) is 0 Å². The van der Waals surface area contributed by atoms with Crippen LogP contribution in [0.5, 0.6) is 0 Å². The Balaban J connectivity index is 1.43. The molecule has 0 aliphatic heterocycles. The Morgan fingerprint density at radius 3 is 2.65 bits per heavy atom. The normalized spacial score (nSPS) is 11.1. The molecule has 9 heteroatoms. The fourth-order valence-electron chi connectivity index (χ4n) is 3.88. The maximum absolute atomic E-state index is 13.1. The van der Waals surface area contributed by atoms with Crippen LogP contribution in [-0.2, 0) is 6.42 Å². The fraction of sp³-hybridized carbons (Fsp3) is 0.160. The molecule has 170 valence electrons. The first-order valence-corrected chi connectivity index (χ1v) is 11.1. The average molecular weight is 454 g/mol. The number of nitrogens with zero attached hydrogens (tertiary/aromatic N) is 3. The van der Waals surface area contributed by atoms with Crippen LogP contribution in [0.15, 0.2) is 60.9 Å². The highest BCUT2D eigenvalue weighted by molar-refractivity contribution is 6.11. The lowest BCUT2D eigenvalue weighted by Gasteiger charge is -2.09. The zero-order valence-corrected chi connectivity index (χ0v) is 18.6. The standard InChI is InChI=1S/C25H23N7O2/c1-2-3-10-18-16-8-5-4-7-15(16)14-20(28-18)23(34)32-25-29-19-11-6-9-17(21(19)30-25)22(33)31-24-26-12-13-27-24/h4-9,11-14H,2-3,10H2,1H3,(H2,26,27,31,33)(H2,29,30,32,34). The van der Waals surface area contributed by atoms with Gasteiger partial charge in [0.05, 0.1) is 11.1 Å². The van der Waals surface area contributed by atoms with Crippen molar-refractivity contribution in [2.45, 2.75) is 26.2 Å². The number of H-pyrrole nitrogens is 2. The third kappa shape index (κ3) is 4.23. The zero-order valence-electron chi connectivity index (χ0n) is 18.6. The number of amides is 2. The van der Waals surface area contributed by atoms with Crippen LogP contribution in [0.1, 0.15) is 46.3 Å². The molecule has 3 aromatic heterocycles. The number of hydrogen-bond donors (Lipinski definition) is 4. The number of aromatic nitrogens is 5. The lowest BCUT2D eigenvalue weighted by Crippen LogP contribution is -2.16. The Morgan fingerprint density at radius 1 is 0.971 bits per heavy atom. The van der Waals surface area contributed by atoms with Gasteiger partial charge in [0, 0.05) is 23.5 Å². The first-order chi connectivity index (χ1) is 16.6. The summed E-state index contributed by atoms with van der Waals surface area (Å²) in [5.41, 5.74) is 2.65. The molecule has 5 aromatic rings. The molecule has 0 saturated carbocycles. The topological polar surface area (TPSA) is 128 Å². The van der Waals surface area contributed by atoms with Crippen LogP contribution in [0.2, 0.25) is 0 Å². The number of hydrogen-bond acceptors (Lipinski definition) is 5. The number of rotatable bonds is 7. The van der Waals surface area contributed by atoms with Gasteiger partial charge in [-0.15, -0.1) is 0 Å². The van der Waals surface area contributed by atoms with Gasteiger partial charge < -0.3 is 9.97 Å². The second kappa shape index (κ2) is 9.14. The number of pyridine rings is 1. The van der Waals surface area contributed by atoms with Crippen molar-refractivity contribution < 1.29 is 9.59 Å². The van der Waals surface area contributed by atoms with Gasteiger partial charge in [0.25, 0.3) is 11.8 Å². The minimum atomic E-state index is -0.371. The van der Waals surface area contributed by atoms with Gasteiger partial charge in [0.2, 0.25) is 11.9 Å². The third-order valence-corrected chi connectivity index (χ3v) is 5.54. The predicted molar refractivity (Wildman–Crippen MR) is 131 cm³/mol. The molecule has 4 N–H and O–H groups in total. The lowest BCUT2D eigenvalue weighted by molar-refractivity contribution is 0.101. The number of benzene rings is 2. The average Bonchev–Trinajstić information content (AvgIpc) is 3.51. The van der Waals surface area contributed by atoms with Crippen molar-refractivity contribution >= 4 is 45.5 Å². The molecule has 0 aliphatic rings. The van der Waals surface area contributed by atoms with Crippen LogP contribution in [0.25, 0.3) is 21.8 Å². The smallest absolute Gasteiger partial charge is 0.276 e.